The standard InChI is InChI=1S/C80H145NO10/c1-3-5-7-9-11-13-14-15-16-38-42-45-48-52-56-60-64-68-76(85)89-69-65-61-57-53-49-46-43-40-37-35-33-31-29-27-25-23-21-19-17-18-20-22-24-26-28-30-32-34-36-39-41-44-47-51-55-59-63-67-75(84)81-72(73(83)66-62-58-54-50-12-10-8-6-4-2)71-90-80-79(88)78(87)77(86)74(70-82)91-80/h11-13,15-17,19,23,25,50,62,66,72-74,77-80,82-83,86-88H,3-10,14,18,20-22,24,26-49,51-61,63-65,67-71H2,1-2H3,(H,81,84)/b13-11-,16-15-,19-17-,25-23-,50-12+,66-62+. The lowest BCUT2D eigenvalue weighted by molar-refractivity contribution is -0.302. The number of aliphatic hydroxyl groups is 5. The first-order chi connectivity index (χ1) is 44.7. The molecule has 0 aliphatic carbocycles. The lowest BCUT2D eigenvalue weighted by Gasteiger charge is -2.40. The van der Waals surface area contributed by atoms with Crippen LogP contribution in [0.3, 0.4) is 0 Å². The molecule has 1 amide bonds. The number of allylic oxidation sites excluding steroid dienone is 11. The van der Waals surface area contributed by atoms with Gasteiger partial charge in [0.1, 0.15) is 24.4 Å². The number of hydrogen-bond acceptors (Lipinski definition) is 10. The molecule has 0 aromatic heterocycles. The van der Waals surface area contributed by atoms with Crippen molar-refractivity contribution in [3.63, 3.8) is 0 Å². The molecule has 7 unspecified atom stereocenters. The Morgan fingerprint density at radius 2 is 0.747 bits per heavy atom. The number of unbranched alkanes of at least 4 members (excludes halogenated alkanes) is 44. The third kappa shape index (κ3) is 57.1. The zero-order chi connectivity index (χ0) is 65.8. The van der Waals surface area contributed by atoms with E-state index < -0.39 is 49.5 Å². The Bertz CT molecular complexity index is 1740. The Morgan fingerprint density at radius 1 is 0.407 bits per heavy atom. The zero-order valence-electron chi connectivity index (χ0n) is 59.1. The molecule has 0 bridgehead atoms. The third-order valence-electron chi connectivity index (χ3n) is 18.0. The van der Waals surface area contributed by atoms with Gasteiger partial charge in [-0.25, -0.2) is 0 Å². The number of carbonyl (C=O) groups is 2. The second-order valence-corrected chi connectivity index (χ2v) is 26.7. The van der Waals surface area contributed by atoms with E-state index >= 15 is 0 Å². The van der Waals surface area contributed by atoms with Crippen LogP contribution in [0.1, 0.15) is 361 Å². The maximum Gasteiger partial charge on any atom is 0.305 e. The predicted molar refractivity (Wildman–Crippen MR) is 384 cm³/mol. The molecule has 91 heavy (non-hydrogen) atoms. The summed E-state index contributed by atoms with van der Waals surface area (Å²) in [5.74, 6) is -0.187. The molecule has 6 N–H and O–H groups in total. The SMILES string of the molecule is CCCCC/C=C\C/C=C\CCCCCCCCCC(=O)OCCCCCCCCCCCCCCC/C=C\C/C=C\CCCCCCCCCCCCCCCCCCCC(=O)NC(COC1OC(CO)C(O)C(O)C1O)C(O)/C=C/CC/C=C/CCCCC. The van der Waals surface area contributed by atoms with Crippen LogP contribution in [0.2, 0.25) is 0 Å². The van der Waals surface area contributed by atoms with Gasteiger partial charge < -0.3 is 45.1 Å². The number of amides is 1. The molecule has 0 aromatic rings. The summed E-state index contributed by atoms with van der Waals surface area (Å²) >= 11 is 0. The number of hydrogen-bond donors (Lipinski definition) is 6. The van der Waals surface area contributed by atoms with Gasteiger partial charge in [0.05, 0.1) is 32.0 Å². The van der Waals surface area contributed by atoms with Crippen molar-refractivity contribution in [3.8, 4) is 0 Å². The highest BCUT2D eigenvalue weighted by molar-refractivity contribution is 5.76. The number of rotatable bonds is 68. The fraction of sp³-hybridized carbons (Fsp3) is 0.825. The van der Waals surface area contributed by atoms with E-state index in [1.165, 1.54) is 263 Å². The minimum Gasteiger partial charge on any atom is -0.466 e. The average molecular weight is 1280 g/mol. The first-order valence-electron chi connectivity index (χ1n) is 38.7. The van der Waals surface area contributed by atoms with Crippen LogP contribution in [0.5, 0.6) is 0 Å². The summed E-state index contributed by atoms with van der Waals surface area (Å²) in [4.78, 5) is 25.1. The first-order valence-corrected chi connectivity index (χ1v) is 38.7. The average Bonchev–Trinajstić information content (AvgIpc) is 3.30. The molecule has 0 aromatic carbocycles. The molecule has 11 nitrogen and oxygen atoms in total. The Hall–Kier alpha value is -2.90. The maximum absolute atomic E-state index is 13.0. The monoisotopic (exact) mass is 1280 g/mol. The van der Waals surface area contributed by atoms with Crippen molar-refractivity contribution >= 4 is 11.9 Å². The van der Waals surface area contributed by atoms with Gasteiger partial charge in [-0.2, -0.15) is 0 Å². The lowest BCUT2D eigenvalue weighted by Crippen LogP contribution is -2.60. The van der Waals surface area contributed by atoms with Crippen molar-refractivity contribution in [1.29, 1.82) is 0 Å². The Balaban J connectivity index is 1.87. The van der Waals surface area contributed by atoms with E-state index in [2.05, 4.69) is 79.9 Å². The van der Waals surface area contributed by atoms with Crippen molar-refractivity contribution < 1.29 is 49.3 Å². The third-order valence-corrected chi connectivity index (χ3v) is 18.0. The molecule has 0 spiro atoms. The molecule has 1 aliphatic heterocycles. The van der Waals surface area contributed by atoms with Gasteiger partial charge in [0.2, 0.25) is 5.91 Å². The van der Waals surface area contributed by atoms with Crippen molar-refractivity contribution in [1.82, 2.24) is 5.32 Å². The summed E-state index contributed by atoms with van der Waals surface area (Å²) in [6.45, 7) is 4.28. The fourth-order valence-electron chi connectivity index (χ4n) is 11.9. The summed E-state index contributed by atoms with van der Waals surface area (Å²) in [5, 5.41) is 54.3. The van der Waals surface area contributed by atoms with E-state index in [1.807, 2.05) is 6.08 Å². The van der Waals surface area contributed by atoms with E-state index in [0.717, 1.165) is 70.6 Å². The molecule has 1 saturated heterocycles. The highest BCUT2D eigenvalue weighted by Gasteiger charge is 2.44. The van der Waals surface area contributed by atoms with E-state index in [4.69, 9.17) is 14.2 Å². The summed E-state index contributed by atoms with van der Waals surface area (Å²) < 4.78 is 16.7. The fourth-order valence-corrected chi connectivity index (χ4v) is 11.9. The van der Waals surface area contributed by atoms with Crippen molar-refractivity contribution in [3.05, 3.63) is 72.9 Å². The Kier molecular flexibility index (Phi) is 64.8. The van der Waals surface area contributed by atoms with E-state index in [0.29, 0.717) is 19.4 Å². The Labute approximate surface area is 560 Å². The second kappa shape index (κ2) is 68.5. The molecule has 1 heterocycles. The minimum absolute atomic E-state index is 0.00442. The van der Waals surface area contributed by atoms with Crippen LogP contribution in [0.4, 0.5) is 0 Å². The first kappa shape index (κ1) is 86.1. The predicted octanol–water partition coefficient (Wildman–Crippen LogP) is 20.6. The topological polar surface area (TPSA) is 175 Å². The van der Waals surface area contributed by atoms with Gasteiger partial charge in [-0.3, -0.25) is 9.59 Å². The van der Waals surface area contributed by atoms with Crippen molar-refractivity contribution in [2.45, 2.75) is 403 Å². The molecule has 1 aliphatic rings. The summed E-state index contributed by atoms with van der Waals surface area (Å²) in [7, 11) is 0. The normalized spacial score (nSPS) is 18.0. The highest BCUT2D eigenvalue weighted by atomic mass is 16.7. The van der Waals surface area contributed by atoms with Crippen LogP contribution in [0.15, 0.2) is 72.9 Å². The van der Waals surface area contributed by atoms with Crippen LogP contribution in [-0.4, -0.2) is 100 Å². The van der Waals surface area contributed by atoms with Gasteiger partial charge in [-0.15, -0.1) is 0 Å². The molecule has 530 valence electrons. The van der Waals surface area contributed by atoms with Crippen LogP contribution in [0.25, 0.3) is 0 Å². The van der Waals surface area contributed by atoms with E-state index in [9.17, 15) is 35.1 Å². The van der Waals surface area contributed by atoms with Gasteiger partial charge in [0.15, 0.2) is 6.29 Å². The highest BCUT2D eigenvalue weighted by Crippen LogP contribution is 2.23. The van der Waals surface area contributed by atoms with Gasteiger partial charge in [-0.1, -0.05) is 311 Å². The number of esters is 1. The molecule has 0 saturated carbocycles. The molecule has 1 fully saturated rings. The second-order valence-electron chi connectivity index (χ2n) is 26.7. The smallest absolute Gasteiger partial charge is 0.305 e. The number of carbonyl (C=O) groups excluding carboxylic acids is 2. The largest absolute Gasteiger partial charge is 0.466 e. The summed E-state index contributed by atoms with van der Waals surface area (Å²) in [6.07, 6.45) is 83.8. The van der Waals surface area contributed by atoms with Crippen LogP contribution < -0.4 is 5.32 Å². The van der Waals surface area contributed by atoms with Crippen LogP contribution in [-0.2, 0) is 23.8 Å². The number of ether oxygens (including phenoxy) is 3. The Morgan fingerprint density at radius 3 is 1.15 bits per heavy atom. The van der Waals surface area contributed by atoms with Crippen LogP contribution in [0, 0.1) is 0 Å². The van der Waals surface area contributed by atoms with E-state index in [-0.39, 0.29) is 18.5 Å². The summed E-state index contributed by atoms with van der Waals surface area (Å²) in [6, 6.07) is -0.825. The van der Waals surface area contributed by atoms with Crippen molar-refractivity contribution in [2.75, 3.05) is 19.8 Å². The zero-order valence-corrected chi connectivity index (χ0v) is 59.1. The number of nitrogens with one attached hydrogen (secondary N) is 1. The van der Waals surface area contributed by atoms with Gasteiger partial charge in [-0.05, 0) is 109 Å². The van der Waals surface area contributed by atoms with Gasteiger partial charge in [0.25, 0.3) is 0 Å². The molecule has 1 rings (SSSR count). The maximum atomic E-state index is 13.0. The van der Waals surface area contributed by atoms with Gasteiger partial charge in [0, 0.05) is 12.8 Å². The molecular formula is C80H145NO10. The molecule has 11 heteroatoms. The molecule has 0 radical (unpaired) electrons. The molecular weight excluding hydrogens is 1130 g/mol. The lowest BCUT2D eigenvalue weighted by atomic mass is 9.99. The van der Waals surface area contributed by atoms with Gasteiger partial charge >= 0.3 is 5.97 Å². The van der Waals surface area contributed by atoms with E-state index in [1.54, 1.807) is 6.08 Å². The summed E-state index contributed by atoms with van der Waals surface area (Å²) in [5.41, 5.74) is 0. The minimum atomic E-state index is -1.58. The molecule has 7 atom stereocenters. The quantitative estimate of drug-likeness (QED) is 0.0195. The van der Waals surface area contributed by atoms with Crippen LogP contribution >= 0.6 is 0 Å². The van der Waals surface area contributed by atoms with Crippen molar-refractivity contribution in [2.24, 2.45) is 0 Å². The number of aliphatic hydroxyl groups excluding tert-OH is 5.